The van der Waals surface area contributed by atoms with Crippen LogP contribution in [0.25, 0.3) is 10.9 Å². The minimum absolute atomic E-state index is 0.0305. The molecule has 0 radical (unpaired) electrons. The van der Waals surface area contributed by atoms with Crippen LogP contribution in [0.5, 0.6) is 0 Å². The van der Waals surface area contributed by atoms with Crippen molar-refractivity contribution in [2.75, 3.05) is 26.7 Å². The second-order valence-corrected chi connectivity index (χ2v) is 4.97. The summed E-state index contributed by atoms with van der Waals surface area (Å²) in [6, 6.07) is 7.43. The number of carbonyl (C=O) groups excluding carboxylic acids is 2. The highest BCUT2D eigenvalue weighted by Crippen LogP contribution is 2.18. The van der Waals surface area contributed by atoms with Gasteiger partial charge < -0.3 is 14.8 Å². The number of benzene rings is 1. The molecule has 0 aliphatic heterocycles. The molecule has 2 aromatic rings. The summed E-state index contributed by atoms with van der Waals surface area (Å²) < 4.78 is 0. The number of carbonyl (C=O) groups is 2. The molecule has 21 heavy (non-hydrogen) atoms. The fourth-order valence-corrected chi connectivity index (χ4v) is 2.43. The number of nitrogens with one attached hydrogen (secondary N) is 1. The Bertz CT molecular complexity index is 644. The molecule has 1 aromatic carbocycles. The lowest BCUT2D eigenvalue weighted by molar-refractivity contribution is -0.131. The Kier molecular flexibility index (Phi) is 4.62. The van der Waals surface area contributed by atoms with Gasteiger partial charge in [0.15, 0.2) is 0 Å². The molecule has 0 spiro atoms. The third-order valence-electron chi connectivity index (χ3n) is 3.66. The third kappa shape index (κ3) is 3.07. The monoisotopic (exact) mass is 287 g/mol. The zero-order chi connectivity index (χ0) is 15.4. The van der Waals surface area contributed by atoms with E-state index in [4.69, 9.17) is 0 Å². The molecular weight excluding hydrogens is 266 g/mol. The van der Waals surface area contributed by atoms with Gasteiger partial charge >= 0.3 is 0 Å². The van der Waals surface area contributed by atoms with Crippen molar-refractivity contribution >= 4 is 22.7 Å². The van der Waals surface area contributed by atoms with E-state index in [-0.39, 0.29) is 18.4 Å². The molecule has 1 N–H and O–H groups in total. The van der Waals surface area contributed by atoms with Gasteiger partial charge in [0.1, 0.15) is 0 Å². The summed E-state index contributed by atoms with van der Waals surface area (Å²) in [4.78, 5) is 30.9. The minimum Gasteiger partial charge on any atom is -0.361 e. The Balaban J connectivity index is 2.16. The highest BCUT2D eigenvalue weighted by atomic mass is 16.2. The van der Waals surface area contributed by atoms with Gasteiger partial charge in [0, 0.05) is 42.8 Å². The first kappa shape index (κ1) is 15.1. The zero-order valence-electron chi connectivity index (χ0n) is 12.7. The Morgan fingerprint density at radius 3 is 2.52 bits per heavy atom. The van der Waals surface area contributed by atoms with Crippen molar-refractivity contribution in [3.05, 3.63) is 36.0 Å². The average Bonchev–Trinajstić information content (AvgIpc) is 2.96. The van der Waals surface area contributed by atoms with E-state index in [1.807, 2.05) is 38.2 Å². The van der Waals surface area contributed by atoms with Gasteiger partial charge in [-0.2, -0.15) is 0 Å². The van der Waals surface area contributed by atoms with Crippen molar-refractivity contribution in [2.24, 2.45) is 0 Å². The van der Waals surface area contributed by atoms with Crippen LogP contribution in [0, 0.1) is 0 Å². The minimum atomic E-state index is -0.138. The van der Waals surface area contributed by atoms with Crippen molar-refractivity contribution in [2.45, 2.75) is 13.8 Å². The molecule has 112 valence electrons. The largest absolute Gasteiger partial charge is 0.361 e. The Labute approximate surface area is 124 Å². The number of nitrogens with zero attached hydrogens (tertiary/aromatic N) is 2. The van der Waals surface area contributed by atoms with E-state index in [1.165, 1.54) is 4.90 Å². The fraction of sp³-hybridized carbons (Fsp3) is 0.375. The number of hydrogen-bond acceptors (Lipinski definition) is 2. The first-order valence-corrected chi connectivity index (χ1v) is 7.17. The van der Waals surface area contributed by atoms with Crippen LogP contribution in [0.4, 0.5) is 0 Å². The molecule has 0 aliphatic rings. The molecule has 0 saturated heterocycles. The maximum atomic E-state index is 12.5. The van der Waals surface area contributed by atoms with Crippen molar-refractivity contribution in [3.8, 4) is 0 Å². The molecule has 2 rings (SSSR count). The molecule has 0 unspecified atom stereocenters. The van der Waals surface area contributed by atoms with Gasteiger partial charge in [0.05, 0.1) is 6.54 Å². The topological polar surface area (TPSA) is 56.4 Å². The van der Waals surface area contributed by atoms with Gasteiger partial charge in [-0.3, -0.25) is 9.59 Å². The first-order valence-electron chi connectivity index (χ1n) is 7.17. The summed E-state index contributed by atoms with van der Waals surface area (Å²) in [6.45, 7) is 5.28. The fourth-order valence-electron chi connectivity index (χ4n) is 2.43. The van der Waals surface area contributed by atoms with Crippen LogP contribution in [0.1, 0.15) is 24.2 Å². The lowest BCUT2D eigenvalue weighted by atomic mass is 10.1. The second kappa shape index (κ2) is 6.43. The van der Waals surface area contributed by atoms with Crippen LogP contribution in [0.2, 0.25) is 0 Å². The number of hydrogen-bond donors (Lipinski definition) is 1. The van der Waals surface area contributed by atoms with Crippen molar-refractivity contribution in [1.29, 1.82) is 0 Å². The lowest BCUT2D eigenvalue weighted by Gasteiger charge is -2.23. The van der Waals surface area contributed by atoms with Crippen LogP contribution in [-0.4, -0.2) is 53.3 Å². The third-order valence-corrected chi connectivity index (χ3v) is 3.66. The molecule has 0 fully saturated rings. The molecule has 1 heterocycles. The summed E-state index contributed by atoms with van der Waals surface area (Å²) in [5.41, 5.74) is 1.54. The number of aromatic amines is 1. The van der Waals surface area contributed by atoms with Crippen LogP contribution in [0.15, 0.2) is 30.5 Å². The van der Waals surface area contributed by atoms with E-state index in [1.54, 1.807) is 18.0 Å². The standard InChI is InChI=1S/C16H21N3O2/c1-4-19(5-2)15(20)11-18(3)16(21)13-7-6-8-14-12(13)9-10-17-14/h6-10,17H,4-5,11H2,1-3H3. The van der Waals surface area contributed by atoms with Crippen LogP contribution >= 0.6 is 0 Å². The zero-order valence-corrected chi connectivity index (χ0v) is 12.7. The SMILES string of the molecule is CCN(CC)C(=O)CN(C)C(=O)c1cccc2[nH]ccc12. The summed E-state index contributed by atoms with van der Waals surface area (Å²) in [7, 11) is 1.66. The normalized spacial score (nSPS) is 10.6. The second-order valence-electron chi connectivity index (χ2n) is 4.97. The van der Waals surface area contributed by atoms with E-state index >= 15 is 0 Å². The average molecular weight is 287 g/mol. The summed E-state index contributed by atoms with van der Waals surface area (Å²) in [5, 5.41) is 0.879. The summed E-state index contributed by atoms with van der Waals surface area (Å²) in [5.74, 6) is -0.169. The Morgan fingerprint density at radius 2 is 1.86 bits per heavy atom. The van der Waals surface area contributed by atoms with Crippen molar-refractivity contribution in [3.63, 3.8) is 0 Å². The van der Waals surface area contributed by atoms with Crippen molar-refractivity contribution in [1.82, 2.24) is 14.8 Å². The van der Waals surface area contributed by atoms with Gasteiger partial charge in [-0.25, -0.2) is 0 Å². The first-order chi connectivity index (χ1) is 10.1. The maximum absolute atomic E-state index is 12.5. The quantitative estimate of drug-likeness (QED) is 0.915. The van der Waals surface area contributed by atoms with Gasteiger partial charge in [-0.15, -0.1) is 0 Å². The molecule has 2 amide bonds. The molecule has 1 aromatic heterocycles. The molecule has 5 heteroatoms. The van der Waals surface area contributed by atoms with E-state index in [0.29, 0.717) is 18.7 Å². The lowest BCUT2D eigenvalue weighted by Crippen LogP contribution is -2.41. The maximum Gasteiger partial charge on any atom is 0.254 e. The smallest absolute Gasteiger partial charge is 0.254 e. The number of fused-ring (bicyclic) bond motifs is 1. The highest BCUT2D eigenvalue weighted by molar-refractivity contribution is 6.07. The number of H-pyrrole nitrogens is 1. The van der Waals surface area contributed by atoms with E-state index in [2.05, 4.69) is 4.98 Å². The number of aromatic nitrogens is 1. The van der Waals surface area contributed by atoms with Gasteiger partial charge in [-0.05, 0) is 32.0 Å². The van der Waals surface area contributed by atoms with Gasteiger partial charge in [0.2, 0.25) is 5.91 Å². The van der Waals surface area contributed by atoms with E-state index in [9.17, 15) is 9.59 Å². The van der Waals surface area contributed by atoms with E-state index in [0.717, 1.165) is 10.9 Å². The summed E-state index contributed by atoms with van der Waals surface area (Å²) >= 11 is 0. The Morgan fingerprint density at radius 1 is 1.14 bits per heavy atom. The highest BCUT2D eigenvalue weighted by Gasteiger charge is 2.19. The molecule has 0 atom stereocenters. The predicted molar refractivity (Wildman–Crippen MR) is 83.2 cm³/mol. The Hall–Kier alpha value is -2.30. The predicted octanol–water partition coefficient (Wildman–Crippen LogP) is 2.11. The van der Waals surface area contributed by atoms with E-state index < -0.39 is 0 Å². The number of rotatable bonds is 5. The van der Waals surface area contributed by atoms with Crippen molar-refractivity contribution < 1.29 is 9.59 Å². The molecular formula is C16H21N3O2. The molecule has 0 bridgehead atoms. The number of likely N-dealkylation sites (N-methyl/N-ethyl adjacent to an activating group) is 2. The van der Waals surface area contributed by atoms with Gasteiger partial charge in [-0.1, -0.05) is 6.07 Å². The van der Waals surface area contributed by atoms with Crippen LogP contribution < -0.4 is 0 Å². The molecule has 0 saturated carbocycles. The molecule has 0 aliphatic carbocycles. The van der Waals surface area contributed by atoms with Gasteiger partial charge in [0.25, 0.3) is 5.91 Å². The molecule has 5 nitrogen and oxygen atoms in total. The number of amides is 2. The summed E-state index contributed by atoms with van der Waals surface area (Å²) in [6.07, 6.45) is 1.81. The van der Waals surface area contributed by atoms with Crippen LogP contribution in [-0.2, 0) is 4.79 Å². The van der Waals surface area contributed by atoms with Crippen LogP contribution in [0.3, 0.4) is 0 Å².